The summed E-state index contributed by atoms with van der Waals surface area (Å²) >= 11 is 15.1. The molecule has 0 radical (unpaired) electrons. The minimum Gasteiger partial charge on any atom is -0.337 e. The number of alkyl halides is 1. The molecule has 0 saturated carbocycles. The summed E-state index contributed by atoms with van der Waals surface area (Å²) in [6, 6.07) is 2.75. The molecule has 1 aliphatic rings. The van der Waals surface area contributed by atoms with Crippen molar-refractivity contribution in [2.75, 3.05) is 11.9 Å². The van der Waals surface area contributed by atoms with Crippen LogP contribution in [0.2, 0.25) is 10.3 Å². The lowest BCUT2D eigenvalue weighted by Gasteiger charge is -2.19. The van der Waals surface area contributed by atoms with E-state index in [1.54, 1.807) is 0 Å². The molecule has 2 N–H and O–H groups in total. The third kappa shape index (κ3) is 4.51. The summed E-state index contributed by atoms with van der Waals surface area (Å²) in [5.41, 5.74) is 0.502. The largest absolute Gasteiger partial charge is 0.337 e. The molecule has 1 aliphatic carbocycles. The molecule has 0 fully saturated rings. The van der Waals surface area contributed by atoms with Crippen molar-refractivity contribution in [2.24, 2.45) is 5.92 Å². The van der Waals surface area contributed by atoms with Crippen molar-refractivity contribution in [3.05, 3.63) is 46.7 Å². The van der Waals surface area contributed by atoms with E-state index in [1.807, 2.05) is 24.3 Å². The van der Waals surface area contributed by atoms with Gasteiger partial charge in [0.15, 0.2) is 0 Å². The molecule has 1 aromatic rings. The highest BCUT2D eigenvalue weighted by Gasteiger charge is 2.16. The van der Waals surface area contributed by atoms with Crippen LogP contribution in [0.5, 0.6) is 0 Å². The predicted molar refractivity (Wildman–Crippen MR) is 85.8 cm³/mol. The maximum absolute atomic E-state index is 11.8. The minimum atomic E-state index is -0.314. The Morgan fingerprint density at radius 2 is 1.90 bits per heavy atom. The molecule has 106 valence electrons. The topological polar surface area (TPSA) is 54.0 Å². The first-order chi connectivity index (χ1) is 9.54. The van der Waals surface area contributed by atoms with Gasteiger partial charge in [0.2, 0.25) is 0 Å². The third-order valence-electron chi connectivity index (χ3n) is 2.69. The first-order valence-electron chi connectivity index (χ1n) is 5.91. The summed E-state index contributed by atoms with van der Waals surface area (Å²) in [7, 11) is 0. The van der Waals surface area contributed by atoms with Gasteiger partial charge in [-0.1, -0.05) is 63.4 Å². The predicted octanol–water partition coefficient (Wildman–Crippen LogP) is 4.02. The number of carbonyl (C=O) groups excluding carboxylic acids is 1. The summed E-state index contributed by atoms with van der Waals surface area (Å²) in [5, 5.41) is 5.92. The standard InChI is InChI=1S/C13H12BrCl2N3O/c14-10-4-2-1-3-8(10)7-17-13(20)18-9-5-11(15)19-12(16)6-9/h1-6,8,10H,7H2,(H2,17,18,19,20). The Morgan fingerprint density at radius 1 is 1.25 bits per heavy atom. The molecule has 2 amide bonds. The Morgan fingerprint density at radius 3 is 2.55 bits per heavy atom. The van der Waals surface area contributed by atoms with Gasteiger partial charge in [0.25, 0.3) is 0 Å². The number of halogens is 3. The average Bonchev–Trinajstić information content (AvgIpc) is 2.36. The lowest BCUT2D eigenvalue weighted by atomic mass is 10.0. The van der Waals surface area contributed by atoms with Gasteiger partial charge < -0.3 is 10.6 Å². The zero-order valence-corrected chi connectivity index (χ0v) is 13.4. The Kier molecular flexibility index (Phi) is 5.46. The smallest absolute Gasteiger partial charge is 0.319 e. The fraction of sp³-hybridized carbons (Fsp3) is 0.231. The van der Waals surface area contributed by atoms with Crippen LogP contribution in [0.4, 0.5) is 10.5 Å². The van der Waals surface area contributed by atoms with Crippen molar-refractivity contribution in [1.82, 2.24) is 10.3 Å². The van der Waals surface area contributed by atoms with Gasteiger partial charge in [-0.3, -0.25) is 0 Å². The van der Waals surface area contributed by atoms with Crippen LogP contribution in [0.1, 0.15) is 0 Å². The Hall–Kier alpha value is -1.04. The molecule has 2 rings (SSSR count). The number of hydrogen-bond acceptors (Lipinski definition) is 2. The number of amides is 2. The van der Waals surface area contributed by atoms with Gasteiger partial charge in [-0.05, 0) is 12.1 Å². The second-order valence-corrected chi connectivity index (χ2v) is 6.05. The Bertz CT molecular complexity index is 542. The fourth-order valence-electron chi connectivity index (χ4n) is 1.73. The van der Waals surface area contributed by atoms with E-state index >= 15 is 0 Å². The number of pyridine rings is 1. The quantitative estimate of drug-likeness (QED) is 0.618. The average molecular weight is 377 g/mol. The summed E-state index contributed by atoms with van der Waals surface area (Å²) in [5.74, 6) is 0.218. The Balaban J connectivity index is 1.86. The first-order valence-corrected chi connectivity index (χ1v) is 7.59. The number of anilines is 1. The van der Waals surface area contributed by atoms with E-state index in [-0.39, 0.29) is 27.1 Å². The lowest BCUT2D eigenvalue weighted by molar-refractivity contribution is 0.251. The highest BCUT2D eigenvalue weighted by atomic mass is 79.9. The van der Waals surface area contributed by atoms with Gasteiger partial charge >= 0.3 is 6.03 Å². The zero-order valence-electron chi connectivity index (χ0n) is 10.3. The van der Waals surface area contributed by atoms with Crippen molar-refractivity contribution >= 4 is 50.9 Å². The summed E-state index contributed by atoms with van der Waals surface area (Å²) in [6.07, 6.45) is 8.01. The van der Waals surface area contributed by atoms with Crippen LogP contribution in [0.25, 0.3) is 0 Å². The summed E-state index contributed by atoms with van der Waals surface area (Å²) in [6.45, 7) is 0.523. The maximum atomic E-state index is 11.8. The number of allylic oxidation sites excluding steroid dienone is 3. The van der Waals surface area contributed by atoms with Crippen molar-refractivity contribution in [1.29, 1.82) is 0 Å². The maximum Gasteiger partial charge on any atom is 0.319 e. The highest BCUT2D eigenvalue weighted by Crippen LogP contribution is 2.20. The number of urea groups is 1. The number of hydrogen-bond donors (Lipinski definition) is 2. The molecule has 0 aromatic carbocycles. The zero-order chi connectivity index (χ0) is 14.5. The molecule has 0 bridgehead atoms. The van der Waals surface area contributed by atoms with E-state index in [2.05, 4.69) is 31.5 Å². The van der Waals surface area contributed by atoms with E-state index in [0.29, 0.717) is 12.2 Å². The number of nitrogens with zero attached hydrogens (tertiary/aromatic N) is 1. The molecule has 2 unspecified atom stereocenters. The van der Waals surface area contributed by atoms with E-state index in [9.17, 15) is 4.79 Å². The lowest BCUT2D eigenvalue weighted by Crippen LogP contribution is -2.35. The van der Waals surface area contributed by atoms with Gasteiger partial charge in [0.05, 0.1) is 0 Å². The van der Waals surface area contributed by atoms with Gasteiger partial charge in [-0.15, -0.1) is 0 Å². The van der Waals surface area contributed by atoms with Crippen LogP contribution < -0.4 is 10.6 Å². The van der Waals surface area contributed by atoms with Crippen LogP contribution >= 0.6 is 39.1 Å². The molecule has 20 heavy (non-hydrogen) atoms. The van der Waals surface area contributed by atoms with Gasteiger partial charge in [-0.25, -0.2) is 9.78 Å². The molecule has 2 atom stereocenters. The second-order valence-electron chi connectivity index (χ2n) is 4.21. The first kappa shape index (κ1) is 15.4. The minimum absolute atomic E-state index is 0.218. The van der Waals surface area contributed by atoms with Crippen molar-refractivity contribution in [3.8, 4) is 0 Å². The fourth-order valence-corrected chi connectivity index (χ4v) is 2.73. The number of nitrogens with one attached hydrogen (secondary N) is 2. The van der Waals surface area contributed by atoms with Crippen LogP contribution in [0.3, 0.4) is 0 Å². The summed E-state index contributed by atoms with van der Waals surface area (Å²) < 4.78 is 0. The van der Waals surface area contributed by atoms with Gasteiger partial charge in [-0.2, -0.15) is 0 Å². The van der Waals surface area contributed by atoms with Crippen molar-refractivity contribution in [3.63, 3.8) is 0 Å². The molecule has 0 spiro atoms. The molecular formula is C13H12BrCl2N3O. The van der Waals surface area contributed by atoms with Crippen LogP contribution in [-0.4, -0.2) is 22.4 Å². The van der Waals surface area contributed by atoms with E-state index < -0.39 is 0 Å². The van der Waals surface area contributed by atoms with Crippen molar-refractivity contribution in [2.45, 2.75) is 4.83 Å². The Labute approximate surface area is 135 Å². The van der Waals surface area contributed by atoms with Gasteiger partial charge in [0, 0.05) is 23.0 Å². The molecule has 0 saturated heterocycles. The molecule has 0 aliphatic heterocycles. The SMILES string of the molecule is O=C(NCC1C=CC=CC1Br)Nc1cc(Cl)nc(Cl)c1. The van der Waals surface area contributed by atoms with Crippen LogP contribution in [0, 0.1) is 5.92 Å². The van der Waals surface area contributed by atoms with Crippen LogP contribution in [0.15, 0.2) is 36.4 Å². The van der Waals surface area contributed by atoms with Crippen LogP contribution in [-0.2, 0) is 0 Å². The molecule has 1 heterocycles. The van der Waals surface area contributed by atoms with E-state index in [4.69, 9.17) is 23.2 Å². The molecular weight excluding hydrogens is 365 g/mol. The second kappa shape index (κ2) is 7.11. The number of carbonyl (C=O) groups is 1. The van der Waals surface area contributed by atoms with E-state index in [0.717, 1.165) is 0 Å². The molecule has 1 aromatic heterocycles. The summed E-state index contributed by atoms with van der Waals surface area (Å²) in [4.78, 5) is 15.8. The normalized spacial score (nSPS) is 20.8. The highest BCUT2D eigenvalue weighted by molar-refractivity contribution is 9.09. The molecule has 7 heteroatoms. The van der Waals surface area contributed by atoms with Gasteiger partial charge in [0.1, 0.15) is 10.3 Å². The third-order valence-corrected chi connectivity index (χ3v) is 4.06. The monoisotopic (exact) mass is 375 g/mol. The van der Waals surface area contributed by atoms with Crippen molar-refractivity contribution < 1.29 is 4.79 Å². The molecule has 4 nitrogen and oxygen atoms in total. The van der Waals surface area contributed by atoms with E-state index in [1.165, 1.54) is 12.1 Å². The number of aromatic nitrogens is 1. The number of rotatable bonds is 3.